The molecule has 7 nitrogen and oxygen atoms in total. The Morgan fingerprint density at radius 2 is 2.12 bits per heavy atom. The van der Waals surface area contributed by atoms with Crippen molar-refractivity contribution >= 4 is 23.0 Å². The van der Waals surface area contributed by atoms with Crippen molar-refractivity contribution in [1.82, 2.24) is 14.9 Å². The van der Waals surface area contributed by atoms with Gasteiger partial charge in [0.05, 0.1) is 36.4 Å². The van der Waals surface area contributed by atoms with Crippen molar-refractivity contribution in [2.75, 3.05) is 19.8 Å². The van der Waals surface area contributed by atoms with E-state index in [2.05, 4.69) is 22.5 Å². The Morgan fingerprint density at radius 1 is 1.30 bits per heavy atom. The maximum Gasteiger partial charge on any atom is 0.410 e. The highest BCUT2D eigenvalue weighted by Crippen LogP contribution is 2.54. The monoisotopic (exact) mass is 469 g/mol. The molecule has 1 saturated carbocycles. The van der Waals surface area contributed by atoms with Gasteiger partial charge in [0.1, 0.15) is 11.4 Å². The molecule has 0 spiro atoms. The van der Waals surface area contributed by atoms with Crippen molar-refractivity contribution < 1.29 is 14.3 Å². The van der Waals surface area contributed by atoms with Crippen LogP contribution in [-0.4, -0.2) is 46.3 Å². The molecule has 1 amide bonds. The normalized spacial score (nSPS) is 20.0. The number of fused-ring (bicyclic) bond motifs is 1. The fourth-order valence-corrected chi connectivity index (χ4v) is 5.79. The van der Waals surface area contributed by atoms with Crippen LogP contribution in [0, 0.1) is 0 Å². The average molecular weight is 470 g/mol. The lowest BCUT2D eigenvalue weighted by molar-refractivity contribution is 0.0236. The number of H-pyrrole nitrogens is 1. The number of aromatic amines is 1. The fourth-order valence-electron chi connectivity index (χ4n) is 4.60. The standard InChI is InChI=1S/C25H31N3O4S/c1-24(2,3)32-23(30)28-10-4-5-19-18(14-28)21(29)27-22(26-19)25(8-9-25)20-13-17(15-33-20)16-6-11-31-12-7-16/h6,13,15H,4-5,7-12,14H2,1-3H3,(H,26,27,29). The van der Waals surface area contributed by atoms with Gasteiger partial charge in [0.2, 0.25) is 0 Å². The lowest BCUT2D eigenvalue weighted by Gasteiger charge is -2.26. The molecule has 1 fully saturated rings. The molecule has 0 aromatic carbocycles. The Kier molecular flexibility index (Phi) is 5.69. The Balaban J connectivity index is 1.42. The van der Waals surface area contributed by atoms with Gasteiger partial charge in [0.25, 0.3) is 5.56 Å². The number of carbonyl (C=O) groups is 1. The molecule has 2 aromatic rings. The van der Waals surface area contributed by atoms with Gasteiger partial charge in [0, 0.05) is 11.4 Å². The lowest BCUT2D eigenvalue weighted by atomic mass is 9.99. The summed E-state index contributed by atoms with van der Waals surface area (Å²) in [5.41, 5.74) is 3.09. The van der Waals surface area contributed by atoms with Gasteiger partial charge in [-0.3, -0.25) is 4.79 Å². The van der Waals surface area contributed by atoms with Crippen LogP contribution in [0.2, 0.25) is 0 Å². The molecule has 1 aliphatic carbocycles. The van der Waals surface area contributed by atoms with Gasteiger partial charge in [0.15, 0.2) is 0 Å². The Bertz CT molecular complexity index is 1150. The van der Waals surface area contributed by atoms with E-state index in [1.54, 1.807) is 16.2 Å². The Morgan fingerprint density at radius 3 is 2.82 bits per heavy atom. The van der Waals surface area contributed by atoms with Crippen molar-refractivity contribution in [3.05, 3.63) is 55.4 Å². The summed E-state index contributed by atoms with van der Waals surface area (Å²) in [6.07, 6.45) is 6.13. The molecule has 2 aromatic heterocycles. The van der Waals surface area contributed by atoms with Gasteiger partial charge >= 0.3 is 6.09 Å². The molecule has 176 valence electrons. The van der Waals surface area contributed by atoms with Crippen LogP contribution in [0.25, 0.3) is 5.57 Å². The van der Waals surface area contributed by atoms with E-state index >= 15 is 0 Å². The molecule has 0 bridgehead atoms. The second-order valence-electron chi connectivity index (χ2n) is 10.2. The third-order valence-electron chi connectivity index (χ3n) is 6.55. The average Bonchev–Trinajstić information content (AvgIpc) is 3.48. The Hall–Kier alpha value is -2.45. The topological polar surface area (TPSA) is 84.5 Å². The van der Waals surface area contributed by atoms with Crippen molar-refractivity contribution in [2.24, 2.45) is 0 Å². The first kappa shape index (κ1) is 22.3. The number of aryl methyl sites for hydroxylation is 1. The molecular formula is C25H31N3O4S. The van der Waals surface area contributed by atoms with E-state index in [4.69, 9.17) is 14.5 Å². The summed E-state index contributed by atoms with van der Waals surface area (Å²) < 4.78 is 11.0. The smallest absolute Gasteiger partial charge is 0.410 e. The van der Waals surface area contributed by atoms with Crippen molar-refractivity contribution in [2.45, 2.75) is 70.4 Å². The summed E-state index contributed by atoms with van der Waals surface area (Å²) in [4.78, 5) is 36.7. The molecule has 0 atom stereocenters. The number of nitrogens with zero attached hydrogens (tertiary/aromatic N) is 2. The maximum atomic E-state index is 13.2. The number of aromatic nitrogens is 2. The summed E-state index contributed by atoms with van der Waals surface area (Å²) in [6.45, 7) is 7.77. The van der Waals surface area contributed by atoms with Gasteiger partial charge in [-0.05, 0) is 75.5 Å². The first-order chi connectivity index (χ1) is 15.7. The minimum absolute atomic E-state index is 0.138. The van der Waals surface area contributed by atoms with Crippen LogP contribution in [-0.2, 0) is 27.9 Å². The zero-order valence-corrected chi connectivity index (χ0v) is 20.3. The largest absolute Gasteiger partial charge is 0.444 e. The van der Waals surface area contributed by atoms with Crippen LogP contribution in [0.3, 0.4) is 0 Å². The molecule has 2 aliphatic heterocycles. The van der Waals surface area contributed by atoms with Gasteiger partial charge in [-0.1, -0.05) is 6.08 Å². The van der Waals surface area contributed by atoms with Crippen LogP contribution in [0.5, 0.6) is 0 Å². The van der Waals surface area contributed by atoms with E-state index in [0.717, 1.165) is 43.8 Å². The molecule has 8 heteroatoms. The van der Waals surface area contributed by atoms with Crippen LogP contribution >= 0.6 is 11.3 Å². The number of hydrogen-bond acceptors (Lipinski definition) is 6. The van der Waals surface area contributed by atoms with Crippen LogP contribution in [0.15, 0.2) is 22.3 Å². The van der Waals surface area contributed by atoms with Gasteiger partial charge in [-0.2, -0.15) is 0 Å². The van der Waals surface area contributed by atoms with E-state index in [1.807, 2.05) is 20.8 Å². The van der Waals surface area contributed by atoms with Crippen LogP contribution in [0.1, 0.15) is 74.0 Å². The molecule has 1 N–H and O–H groups in total. The van der Waals surface area contributed by atoms with Gasteiger partial charge < -0.3 is 19.4 Å². The summed E-state index contributed by atoms with van der Waals surface area (Å²) in [6, 6.07) is 2.27. The van der Waals surface area contributed by atoms with E-state index in [1.165, 1.54) is 16.0 Å². The molecule has 0 radical (unpaired) electrons. The van der Waals surface area contributed by atoms with E-state index in [0.29, 0.717) is 25.1 Å². The van der Waals surface area contributed by atoms with Crippen LogP contribution < -0.4 is 5.56 Å². The fraction of sp³-hybridized carbons (Fsp3) is 0.560. The minimum atomic E-state index is -0.570. The highest BCUT2D eigenvalue weighted by atomic mass is 32.1. The Labute approximate surface area is 197 Å². The zero-order valence-electron chi connectivity index (χ0n) is 19.5. The summed E-state index contributed by atoms with van der Waals surface area (Å²) in [7, 11) is 0. The zero-order chi connectivity index (χ0) is 23.2. The van der Waals surface area contributed by atoms with Crippen molar-refractivity contribution in [3.8, 4) is 0 Å². The van der Waals surface area contributed by atoms with E-state index < -0.39 is 5.60 Å². The number of thiophene rings is 1. The first-order valence-corrected chi connectivity index (χ1v) is 12.6. The highest BCUT2D eigenvalue weighted by molar-refractivity contribution is 7.10. The quantitative estimate of drug-likeness (QED) is 0.720. The van der Waals surface area contributed by atoms with Crippen LogP contribution in [0.4, 0.5) is 4.79 Å². The molecule has 0 saturated heterocycles. The number of rotatable bonds is 3. The minimum Gasteiger partial charge on any atom is -0.444 e. The first-order valence-electron chi connectivity index (χ1n) is 11.7. The molecule has 4 heterocycles. The lowest BCUT2D eigenvalue weighted by Crippen LogP contribution is -2.37. The molecule has 5 rings (SSSR count). The van der Waals surface area contributed by atoms with Crippen molar-refractivity contribution in [3.63, 3.8) is 0 Å². The highest BCUT2D eigenvalue weighted by Gasteiger charge is 2.50. The predicted octanol–water partition coefficient (Wildman–Crippen LogP) is 4.40. The molecule has 0 unspecified atom stereocenters. The number of hydrogen-bond donors (Lipinski definition) is 1. The third-order valence-corrected chi connectivity index (χ3v) is 7.69. The maximum absolute atomic E-state index is 13.2. The van der Waals surface area contributed by atoms with E-state index in [-0.39, 0.29) is 23.6 Å². The summed E-state index contributed by atoms with van der Waals surface area (Å²) in [5, 5.41) is 2.22. The summed E-state index contributed by atoms with van der Waals surface area (Å²) >= 11 is 1.75. The second-order valence-corrected chi connectivity index (χ2v) is 11.1. The van der Waals surface area contributed by atoms with E-state index in [9.17, 15) is 9.59 Å². The number of ether oxygens (including phenoxy) is 2. The predicted molar refractivity (Wildman–Crippen MR) is 128 cm³/mol. The molecular weight excluding hydrogens is 438 g/mol. The van der Waals surface area contributed by atoms with Gasteiger partial charge in [-0.25, -0.2) is 9.78 Å². The summed E-state index contributed by atoms with van der Waals surface area (Å²) in [5.74, 6) is 0.770. The second kappa shape index (κ2) is 8.40. The van der Waals surface area contributed by atoms with Gasteiger partial charge in [-0.15, -0.1) is 11.3 Å². The van der Waals surface area contributed by atoms with Crippen molar-refractivity contribution in [1.29, 1.82) is 0 Å². The molecule has 33 heavy (non-hydrogen) atoms. The SMILES string of the molecule is CC(C)(C)OC(=O)N1CCCc2nc(C3(c4cc(C5=CCOCC5)cs4)CC3)[nH]c(=O)c2C1. The third kappa shape index (κ3) is 4.51. The molecule has 3 aliphatic rings. The number of carbonyl (C=O) groups excluding carboxylic acids is 1. The number of nitrogens with one attached hydrogen (secondary N) is 1. The number of amides is 1.